The second-order valence-electron chi connectivity index (χ2n) is 6.40. The summed E-state index contributed by atoms with van der Waals surface area (Å²) >= 11 is 0. The molecule has 154 valence electrons. The molecule has 1 aromatic carbocycles. The Balaban J connectivity index is 1.76. The van der Waals surface area contributed by atoms with Gasteiger partial charge in [-0.1, -0.05) is 31.5 Å². The average Bonchev–Trinajstić information content (AvgIpc) is 2.77. The van der Waals surface area contributed by atoms with Crippen molar-refractivity contribution in [3.63, 3.8) is 0 Å². The van der Waals surface area contributed by atoms with E-state index in [-0.39, 0.29) is 17.3 Å². The van der Waals surface area contributed by atoms with E-state index in [1.54, 1.807) is 12.1 Å². The van der Waals surface area contributed by atoms with E-state index in [0.29, 0.717) is 5.69 Å². The highest BCUT2D eigenvalue weighted by molar-refractivity contribution is 5.93. The van der Waals surface area contributed by atoms with Crippen LogP contribution in [0, 0.1) is 10.1 Å². The fourth-order valence-electron chi connectivity index (χ4n) is 2.68. The van der Waals surface area contributed by atoms with Crippen molar-refractivity contribution in [3.8, 4) is 0 Å². The van der Waals surface area contributed by atoms with Gasteiger partial charge in [0.25, 0.3) is 5.91 Å². The summed E-state index contributed by atoms with van der Waals surface area (Å²) in [6.07, 6.45) is 5.83. The summed E-state index contributed by atoms with van der Waals surface area (Å²) in [5.74, 6) is -0.701. The van der Waals surface area contributed by atoms with Gasteiger partial charge in [0.15, 0.2) is 0 Å². The molecule has 0 saturated carbocycles. The molecular weight excluding hydrogens is 386 g/mol. The maximum Gasteiger partial charge on any atom is 0.355 e. The smallest absolute Gasteiger partial charge is 0.334 e. The summed E-state index contributed by atoms with van der Waals surface area (Å²) in [7, 11) is 0. The van der Waals surface area contributed by atoms with Crippen LogP contribution in [0.25, 0.3) is 0 Å². The number of carbonyl (C=O) groups excluding carboxylic acids is 1. The lowest BCUT2D eigenvalue weighted by Crippen LogP contribution is -2.31. The molecule has 10 nitrogen and oxygen atoms in total. The minimum Gasteiger partial charge on any atom is -0.334 e. The summed E-state index contributed by atoms with van der Waals surface area (Å²) in [4.78, 5) is 34.9. The fourth-order valence-corrected chi connectivity index (χ4v) is 2.68. The molecule has 2 heterocycles. The Hall–Kier alpha value is -4.08. The monoisotopic (exact) mass is 407 g/mol. The van der Waals surface area contributed by atoms with Gasteiger partial charge >= 0.3 is 5.69 Å². The molecule has 1 amide bonds. The molecule has 0 fully saturated rings. The zero-order chi connectivity index (χ0) is 21.3. The van der Waals surface area contributed by atoms with Gasteiger partial charge in [-0.25, -0.2) is 9.97 Å². The molecule has 0 atom stereocenters. The molecule has 0 aliphatic heterocycles. The molecule has 3 rings (SSSR count). The van der Waals surface area contributed by atoms with E-state index in [1.807, 2.05) is 24.3 Å². The van der Waals surface area contributed by atoms with E-state index < -0.39 is 16.5 Å². The standard InChI is InChI=1S/C20H21N7O3/c1-2-3-6-14-8-10-15(11-9-14)24-18-17(27(29)30)19(23-13-22-18)25-26-20(28)16-7-4-5-12-21-16/h4-5,7-13H,2-3,6H2,1H3,(H,26,28)(H2,22,23,24,25). The molecule has 10 heteroatoms. The first kappa shape index (κ1) is 20.6. The highest BCUT2D eigenvalue weighted by atomic mass is 16.6. The number of rotatable bonds is 9. The molecular formula is C20H21N7O3. The number of carbonyl (C=O) groups is 1. The van der Waals surface area contributed by atoms with Crippen LogP contribution in [0.2, 0.25) is 0 Å². The number of hydrogen-bond donors (Lipinski definition) is 3. The maximum absolute atomic E-state index is 12.1. The lowest BCUT2D eigenvalue weighted by molar-refractivity contribution is -0.383. The molecule has 0 bridgehead atoms. The minimum absolute atomic E-state index is 0.00546. The Labute approximate surface area is 172 Å². The van der Waals surface area contributed by atoms with Crippen molar-refractivity contribution in [1.82, 2.24) is 20.4 Å². The molecule has 0 aliphatic rings. The highest BCUT2D eigenvalue weighted by Gasteiger charge is 2.23. The van der Waals surface area contributed by atoms with E-state index in [9.17, 15) is 14.9 Å². The first-order valence-electron chi connectivity index (χ1n) is 9.41. The molecule has 0 radical (unpaired) electrons. The lowest BCUT2D eigenvalue weighted by Gasteiger charge is -2.11. The number of nitrogens with one attached hydrogen (secondary N) is 3. The van der Waals surface area contributed by atoms with Crippen LogP contribution in [-0.2, 0) is 6.42 Å². The van der Waals surface area contributed by atoms with E-state index >= 15 is 0 Å². The first-order valence-corrected chi connectivity index (χ1v) is 9.41. The number of aromatic nitrogens is 3. The number of nitro groups is 1. The van der Waals surface area contributed by atoms with Crippen molar-refractivity contribution in [3.05, 3.63) is 76.4 Å². The molecule has 0 saturated heterocycles. The largest absolute Gasteiger partial charge is 0.355 e. The second kappa shape index (κ2) is 9.92. The van der Waals surface area contributed by atoms with Crippen molar-refractivity contribution in [2.45, 2.75) is 26.2 Å². The van der Waals surface area contributed by atoms with E-state index in [2.05, 4.69) is 38.0 Å². The van der Waals surface area contributed by atoms with Gasteiger partial charge in [0.1, 0.15) is 12.0 Å². The number of anilines is 3. The van der Waals surface area contributed by atoms with Gasteiger partial charge in [-0.3, -0.25) is 30.7 Å². The molecule has 0 unspecified atom stereocenters. The molecule has 30 heavy (non-hydrogen) atoms. The number of aryl methyl sites for hydroxylation is 1. The summed E-state index contributed by atoms with van der Waals surface area (Å²) < 4.78 is 0. The molecule has 3 N–H and O–H groups in total. The molecule has 2 aromatic heterocycles. The normalized spacial score (nSPS) is 10.3. The van der Waals surface area contributed by atoms with E-state index in [1.165, 1.54) is 24.2 Å². The van der Waals surface area contributed by atoms with Gasteiger partial charge in [-0.2, -0.15) is 0 Å². The van der Waals surface area contributed by atoms with Crippen LogP contribution in [0.4, 0.5) is 23.0 Å². The van der Waals surface area contributed by atoms with Crippen LogP contribution in [0.5, 0.6) is 0 Å². The number of amides is 1. The van der Waals surface area contributed by atoms with Gasteiger partial charge in [0.2, 0.25) is 11.6 Å². The quantitative estimate of drug-likeness (QED) is 0.361. The predicted molar refractivity (Wildman–Crippen MR) is 112 cm³/mol. The summed E-state index contributed by atoms with van der Waals surface area (Å²) in [5.41, 5.74) is 6.44. The van der Waals surface area contributed by atoms with Crippen LogP contribution >= 0.6 is 0 Å². The van der Waals surface area contributed by atoms with Gasteiger partial charge in [-0.05, 0) is 42.7 Å². The zero-order valence-corrected chi connectivity index (χ0v) is 16.3. The van der Waals surface area contributed by atoms with Crippen LogP contribution in [-0.4, -0.2) is 25.8 Å². The average molecular weight is 407 g/mol. The lowest BCUT2D eigenvalue weighted by atomic mass is 10.1. The third kappa shape index (κ3) is 5.25. The number of pyridine rings is 1. The number of unbranched alkanes of at least 4 members (excludes halogenated alkanes) is 1. The predicted octanol–water partition coefficient (Wildman–Crippen LogP) is 3.62. The van der Waals surface area contributed by atoms with Crippen LogP contribution < -0.4 is 16.2 Å². The minimum atomic E-state index is -0.618. The number of nitrogens with zero attached hydrogens (tertiary/aromatic N) is 4. The number of benzene rings is 1. The van der Waals surface area contributed by atoms with Crippen LogP contribution in [0.3, 0.4) is 0 Å². The Morgan fingerprint density at radius 1 is 1.07 bits per heavy atom. The summed E-state index contributed by atoms with van der Waals surface area (Å²) in [5, 5.41) is 14.6. The number of hydrogen-bond acceptors (Lipinski definition) is 8. The number of hydrazine groups is 1. The molecule has 3 aromatic rings. The summed E-state index contributed by atoms with van der Waals surface area (Å²) in [6, 6.07) is 12.5. The third-order valence-corrected chi connectivity index (χ3v) is 4.23. The maximum atomic E-state index is 12.1. The SMILES string of the molecule is CCCCc1ccc(Nc2ncnc(NNC(=O)c3ccccn3)c2[N+](=O)[O-])cc1. The van der Waals surface area contributed by atoms with Crippen molar-refractivity contribution in [2.75, 3.05) is 10.7 Å². The Morgan fingerprint density at radius 2 is 1.83 bits per heavy atom. The second-order valence-corrected chi connectivity index (χ2v) is 6.40. The summed E-state index contributed by atoms with van der Waals surface area (Å²) in [6.45, 7) is 2.13. The Bertz CT molecular complexity index is 1010. The molecule has 0 spiro atoms. The fraction of sp³-hybridized carbons (Fsp3) is 0.200. The van der Waals surface area contributed by atoms with Crippen LogP contribution in [0.15, 0.2) is 55.0 Å². The highest BCUT2D eigenvalue weighted by Crippen LogP contribution is 2.30. The van der Waals surface area contributed by atoms with Crippen molar-refractivity contribution < 1.29 is 9.72 Å². The van der Waals surface area contributed by atoms with Crippen molar-refractivity contribution in [2.24, 2.45) is 0 Å². The Kier molecular flexibility index (Phi) is 6.83. The van der Waals surface area contributed by atoms with Crippen molar-refractivity contribution >= 4 is 28.9 Å². The van der Waals surface area contributed by atoms with Gasteiger partial charge in [0.05, 0.1) is 4.92 Å². The van der Waals surface area contributed by atoms with Gasteiger partial charge in [-0.15, -0.1) is 0 Å². The zero-order valence-electron chi connectivity index (χ0n) is 16.3. The van der Waals surface area contributed by atoms with Gasteiger partial charge < -0.3 is 5.32 Å². The Morgan fingerprint density at radius 3 is 2.50 bits per heavy atom. The third-order valence-electron chi connectivity index (χ3n) is 4.23. The van der Waals surface area contributed by atoms with Gasteiger partial charge in [0, 0.05) is 11.9 Å². The van der Waals surface area contributed by atoms with E-state index in [0.717, 1.165) is 19.3 Å². The topological polar surface area (TPSA) is 135 Å². The first-order chi connectivity index (χ1) is 14.6. The molecule has 0 aliphatic carbocycles. The van der Waals surface area contributed by atoms with E-state index in [4.69, 9.17) is 0 Å². The van der Waals surface area contributed by atoms with Crippen LogP contribution in [0.1, 0.15) is 35.8 Å². The van der Waals surface area contributed by atoms with Crippen molar-refractivity contribution in [1.29, 1.82) is 0 Å².